The number of carbonyl (C=O) groups is 2. The van der Waals surface area contributed by atoms with E-state index in [9.17, 15) is 9.59 Å². The van der Waals surface area contributed by atoms with Gasteiger partial charge < -0.3 is 9.30 Å². The number of ether oxygens (including phenoxy) is 1. The van der Waals surface area contributed by atoms with E-state index in [2.05, 4.69) is 0 Å². The maximum Gasteiger partial charge on any atom is 0.326 e. The van der Waals surface area contributed by atoms with E-state index in [1.165, 1.54) is 11.8 Å². The molecule has 1 aromatic heterocycles. The highest BCUT2D eigenvalue weighted by Gasteiger charge is 2.29. The molecule has 0 unspecified atom stereocenters. The van der Waals surface area contributed by atoms with Gasteiger partial charge in [-0.2, -0.15) is 0 Å². The van der Waals surface area contributed by atoms with Crippen molar-refractivity contribution >= 4 is 45.4 Å². The summed E-state index contributed by atoms with van der Waals surface area (Å²) in [5.74, 6) is 0.378. The Morgan fingerprint density at radius 1 is 1.39 bits per heavy atom. The molecule has 0 atom stereocenters. The molecule has 0 aliphatic carbocycles. The fourth-order valence-electron chi connectivity index (χ4n) is 2.90. The zero-order valence-corrected chi connectivity index (χ0v) is 14.9. The lowest BCUT2D eigenvalue weighted by atomic mass is 10.1. The van der Waals surface area contributed by atoms with Crippen LogP contribution in [0.15, 0.2) is 18.2 Å². The van der Waals surface area contributed by atoms with E-state index < -0.39 is 5.60 Å². The van der Waals surface area contributed by atoms with Crippen molar-refractivity contribution in [3.63, 3.8) is 0 Å². The summed E-state index contributed by atoms with van der Waals surface area (Å²) in [6, 6.07) is 5.54. The first-order chi connectivity index (χ1) is 10.8. The third-order valence-corrected chi connectivity index (χ3v) is 4.80. The van der Waals surface area contributed by atoms with E-state index in [0.29, 0.717) is 10.7 Å². The highest BCUT2D eigenvalue weighted by molar-refractivity contribution is 8.14. The average molecular weight is 352 g/mol. The summed E-state index contributed by atoms with van der Waals surface area (Å²) in [5, 5.41) is 1.48. The van der Waals surface area contributed by atoms with Crippen LogP contribution in [0.3, 0.4) is 0 Å². The van der Waals surface area contributed by atoms with Crippen molar-refractivity contribution in [3.8, 4) is 0 Å². The average Bonchev–Trinajstić information content (AvgIpc) is 2.74. The first-order valence-electron chi connectivity index (χ1n) is 7.46. The molecular formula is C17H18ClNO3S. The summed E-state index contributed by atoms with van der Waals surface area (Å²) in [6.45, 7) is 5.49. The van der Waals surface area contributed by atoms with E-state index in [-0.39, 0.29) is 17.6 Å². The van der Waals surface area contributed by atoms with Gasteiger partial charge in [0.1, 0.15) is 17.8 Å². The van der Waals surface area contributed by atoms with Gasteiger partial charge in [0.2, 0.25) is 5.12 Å². The summed E-state index contributed by atoms with van der Waals surface area (Å²) in [7, 11) is 0. The van der Waals surface area contributed by atoms with E-state index in [1.807, 2.05) is 39.0 Å². The minimum Gasteiger partial charge on any atom is -0.459 e. The van der Waals surface area contributed by atoms with Crippen molar-refractivity contribution in [2.45, 2.75) is 39.3 Å². The number of hydrogen-bond donors (Lipinski definition) is 0. The van der Waals surface area contributed by atoms with Crippen LogP contribution < -0.4 is 0 Å². The SMILES string of the molecule is CC(C)(C)OC(=O)Cn1c2c(c3c(Cl)cccc31)CCSC2=O. The van der Waals surface area contributed by atoms with Gasteiger partial charge >= 0.3 is 5.97 Å². The zero-order chi connectivity index (χ0) is 16.8. The number of aryl methyl sites for hydroxylation is 1. The van der Waals surface area contributed by atoms with Crippen LogP contribution in [0.25, 0.3) is 10.9 Å². The van der Waals surface area contributed by atoms with Crippen LogP contribution >= 0.6 is 23.4 Å². The first-order valence-corrected chi connectivity index (χ1v) is 8.83. The number of hydrogen-bond acceptors (Lipinski definition) is 4. The Bertz CT molecular complexity index is 804. The Balaban J connectivity index is 2.13. The monoisotopic (exact) mass is 351 g/mol. The molecule has 0 radical (unpaired) electrons. The van der Waals surface area contributed by atoms with Crippen molar-refractivity contribution in [2.75, 3.05) is 5.75 Å². The van der Waals surface area contributed by atoms with Gasteiger partial charge in [-0.15, -0.1) is 0 Å². The predicted octanol–water partition coefficient (Wildman–Crippen LogP) is 4.07. The van der Waals surface area contributed by atoms with Crippen LogP contribution in [0.5, 0.6) is 0 Å². The number of halogens is 1. The van der Waals surface area contributed by atoms with Gasteiger partial charge in [-0.1, -0.05) is 29.4 Å². The second-order valence-corrected chi connectivity index (χ2v) is 7.99. The fraction of sp³-hybridized carbons (Fsp3) is 0.412. The van der Waals surface area contributed by atoms with E-state index in [4.69, 9.17) is 16.3 Å². The number of nitrogens with zero attached hydrogens (tertiary/aromatic N) is 1. The molecule has 0 saturated carbocycles. The maximum atomic E-state index is 12.4. The third kappa shape index (κ3) is 3.12. The molecule has 1 aliphatic heterocycles. The normalized spacial score (nSPS) is 14.9. The number of aromatic nitrogens is 1. The zero-order valence-electron chi connectivity index (χ0n) is 13.3. The fourth-order valence-corrected chi connectivity index (χ4v) is 4.04. The Morgan fingerprint density at radius 2 is 2.13 bits per heavy atom. The van der Waals surface area contributed by atoms with Gasteiger partial charge in [0.05, 0.1) is 10.5 Å². The molecule has 6 heteroatoms. The van der Waals surface area contributed by atoms with Crippen LogP contribution in [0.2, 0.25) is 5.02 Å². The van der Waals surface area contributed by atoms with Gasteiger partial charge in [-0.25, -0.2) is 0 Å². The van der Waals surface area contributed by atoms with Crippen LogP contribution in [0.4, 0.5) is 0 Å². The number of fused-ring (bicyclic) bond motifs is 3. The predicted molar refractivity (Wildman–Crippen MR) is 93.3 cm³/mol. The minimum absolute atomic E-state index is 0.00967. The molecule has 0 spiro atoms. The highest BCUT2D eigenvalue weighted by Crippen LogP contribution is 2.37. The summed E-state index contributed by atoms with van der Waals surface area (Å²) in [4.78, 5) is 24.7. The Kier molecular flexibility index (Phi) is 4.19. The molecule has 0 amide bonds. The van der Waals surface area contributed by atoms with Crippen molar-refractivity contribution in [1.82, 2.24) is 4.57 Å². The Hall–Kier alpha value is -1.46. The molecule has 0 bridgehead atoms. The van der Waals surface area contributed by atoms with Gasteiger partial charge in [0, 0.05) is 11.1 Å². The molecule has 0 fully saturated rings. The molecule has 1 aliphatic rings. The molecular weight excluding hydrogens is 334 g/mol. The van der Waals surface area contributed by atoms with Crippen LogP contribution in [-0.4, -0.2) is 27.0 Å². The highest BCUT2D eigenvalue weighted by atomic mass is 35.5. The number of benzene rings is 1. The van der Waals surface area contributed by atoms with E-state index in [1.54, 1.807) is 4.57 Å². The summed E-state index contributed by atoms with van der Waals surface area (Å²) in [5.41, 5.74) is 1.77. The van der Waals surface area contributed by atoms with Crippen LogP contribution in [0.1, 0.15) is 36.8 Å². The third-order valence-electron chi connectivity index (χ3n) is 3.63. The Morgan fingerprint density at radius 3 is 2.83 bits per heavy atom. The second kappa shape index (κ2) is 5.87. The van der Waals surface area contributed by atoms with Crippen molar-refractivity contribution < 1.29 is 14.3 Å². The molecule has 2 heterocycles. The van der Waals surface area contributed by atoms with Gasteiger partial charge in [0.25, 0.3) is 0 Å². The van der Waals surface area contributed by atoms with E-state index >= 15 is 0 Å². The molecule has 1 aromatic carbocycles. The van der Waals surface area contributed by atoms with Gasteiger partial charge in [0.15, 0.2) is 0 Å². The first kappa shape index (κ1) is 16.4. The number of esters is 1. The van der Waals surface area contributed by atoms with Crippen molar-refractivity contribution in [1.29, 1.82) is 0 Å². The Labute approximate surface area is 144 Å². The maximum absolute atomic E-state index is 12.4. The lowest BCUT2D eigenvalue weighted by Crippen LogP contribution is -2.27. The van der Waals surface area contributed by atoms with Gasteiger partial charge in [-0.05, 0) is 44.9 Å². The van der Waals surface area contributed by atoms with Crippen LogP contribution in [-0.2, 0) is 22.5 Å². The summed E-state index contributed by atoms with van der Waals surface area (Å²) >= 11 is 7.63. The minimum atomic E-state index is -0.559. The molecule has 3 rings (SSSR count). The lowest BCUT2D eigenvalue weighted by molar-refractivity contribution is -0.155. The number of thioether (sulfide) groups is 1. The smallest absolute Gasteiger partial charge is 0.326 e. The largest absolute Gasteiger partial charge is 0.459 e. The topological polar surface area (TPSA) is 48.3 Å². The molecule has 2 aromatic rings. The molecule has 4 nitrogen and oxygen atoms in total. The van der Waals surface area contributed by atoms with Crippen molar-refractivity contribution in [2.24, 2.45) is 0 Å². The summed E-state index contributed by atoms with van der Waals surface area (Å²) in [6.07, 6.45) is 0.771. The molecule has 122 valence electrons. The standard InChI is InChI=1S/C17H18ClNO3S/c1-17(2,3)22-13(20)9-19-12-6-4-5-11(18)14(12)10-7-8-23-16(21)15(10)19/h4-6H,7-9H2,1-3H3. The van der Waals surface area contributed by atoms with E-state index in [0.717, 1.165) is 28.6 Å². The number of rotatable bonds is 2. The quantitative estimate of drug-likeness (QED) is 0.765. The second-order valence-electron chi connectivity index (χ2n) is 6.52. The summed E-state index contributed by atoms with van der Waals surface area (Å²) < 4.78 is 7.15. The van der Waals surface area contributed by atoms with Gasteiger partial charge in [-0.3, -0.25) is 9.59 Å². The molecule has 23 heavy (non-hydrogen) atoms. The van der Waals surface area contributed by atoms with Crippen LogP contribution in [0, 0.1) is 0 Å². The molecule has 0 N–H and O–H groups in total. The number of carbonyl (C=O) groups excluding carboxylic acids is 2. The lowest BCUT2D eigenvalue weighted by Gasteiger charge is -2.20. The van der Waals surface area contributed by atoms with Crippen molar-refractivity contribution in [3.05, 3.63) is 34.5 Å². The molecule has 0 saturated heterocycles.